The van der Waals surface area contributed by atoms with Crippen LogP contribution in [0.25, 0.3) is 11.1 Å². The maximum atomic E-state index is 12.1. The molecule has 3 aromatic rings. The fraction of sp³-hybridized carbons (Fsp3) is 0.0952. The topological polar surface area (TPSA) is 72.5 Å². The highest BCUT2D eigenvalue weighted by atomic mass is 32.2. The fourth-order valence-corrected chi connectivity index (χ4v) is 3.47. The van der Waals surface area contributed by atoms with Crippen molar-refractivity contribution in [3.8, 4) is 11.1 Å². The van der Waals surface area contributed by atoms with E-state index in [-0.39, 0.29) is 11.5 Å². The molecule has 0 fully saturated rings. The second kappa shape index (κ2) is 8.62. The van der Waals surface area contributed by atoms with E-state index >= 15 is 0 Å². The lowest BCUT2D eigenvalue weighted by Gasteiger charge is -2.08. The quantitative estimate of drug-likeness (QED) is 0.637. The van der Waals surface area contributed by atoms with E-state index in [1.165, 1.54) is 12.1 Å². The molecule has 0 aliphatic carbocycles. The van der Waals surface area contributed by atoms with Crippen LogP contribution in [0.1, 0.15) is 5.56 Å². The van der Waals surface area contributed by atoms with Gasteiger partial charge in [-0.25, -0.2) is 8.42 Å². The van der Waals surface area contributed by atoms with Crippen molar-refractivity contribution < 1.29 is 17.9 Å². The van der Waals surface area contributed by atoms with Gasteiger partial charge >= 0.3 is 5.97 Å². The van der Waals surface area contributed by atoms with Gasteiger partial charge in [0.2, 0.25) is 10.0 Å². The fourth-order valence-electron chi connectivity index (χ4n) is 2.48. The predicted molar refractivity (Wildman–Crippen MR) is 103 cm³/mol. The molecule has 6 heteroatoms. The summed E-state index contributed by atoms with van der Waals surface area (Å²) in [7, 11) is -3.73. The van der Waals surface area contributed by atoms with Crippen LogP contribution in [-0.4, -0.2) is 20.9 Å². The van der Waals surface area contributed by atoms with Crippen LogP contribution < -0.4 is 4.72 Å². The summed E-state index contributed by atoms with van der Waals surface area (Å²) in [6.45, 7) is -0.333. The van der Waals surface area contributed by atoms with Crippen molar-refractivity contribution in [1.82, 2.24) is 4.72 Å². The second-order valence-electron chi connectivity index (χ2n) is 5.86. The zero-order valence-corrected chi connectivity index (χ0v) is 15.4. The highest BCUT2D eigenvalue weighted by molar-refractivity contribution is 7.89. The number of carbonyl (C=O) groups is 1. The van der Waals surface area contributed by atoms with Gasteiger partial charge in [-0.3, -0.25) is 4.79 Å². The molecule has 0 atom stereocenters. The van der Waals surface area contributed by atoms with Crippen LogP contribution in [0.5, 0.6) is 0 Å². The van der Waals surface area contributed by atoms with Gasteiger partial charge in [0, 0.05) is 0 Å². The smallest absolute Gasteiger partial charge is 0.321 e. The molecule has 0 unspecified atom stereocenters. The van der Waals surface area contributed by atoms with Gasteiger partial charge in [0.15, 0.2) is 0 Å². The molecule has 3 aromatic carbocycles. The Kier molecular flexibility index (Phi) is 6.01. The molecule has 1 N–H and O–H groups in total. The van der Waals surface area contributed by atoms with Crippen LogP contribution in [-0.2, 0) is 26.2 Å². The number of benzene rings is 3. The van der Waals surface area contributed by atoms with Gasteiger partial charge < -0.3 is 4.74 Å². The predicted octanol–water partition coefficient (Wildman–Crippen LogP) is 3.38. The maximum absolute atomic E-state index is 12.1. The first kappa shape index (κ1) is 18.8. The third kappa shape index (κ3) is 5.26. The van der Waals surface area contributed by atoms with Crippen LogP contribution in [0.4, 0.5) is 0 Å². The average Bonchev–Trinajstić information content (AvgIpc) is 2.72. The minimum atomic E-state index is -3.73. The van der Waals surface area contributed by atoms with E-state index < -0.39 is 22.5 Å². The van der Waals surface area contributed by atoms with Gasteiger partial charge in [0.1, 0.15) is 13.2 Å². The standard InChI is InChI=1S/C21H19NO4S/c23-21(15-22-27(24,25)20-9-5-2-6-10-20)26-16-17-11-13-19(14-12-17)18-7-3-1-4-8-18/h1-14,22H,15-16H2. The van der Waals surface area contributed by atoms with E-state index in [0.29, 0.717) is 0 Å². The lowest BCUT2D eigenvalue weighted by Crippen LogP contribution is -2.30. The van der Waals surface area contributed by atoms with Gasteiger partial charge in [0.05, 0.1) is 4.90 Å². The monoisotopic (exact) mass is 381 g/mol. The number of carbonyl (C=O) groups excluding carboxylic acids is 1. The van der Waals surface area contributed by atoms with Crippen LogP contribution in [0, 0.1) is 0 Å². The molecule has 0 saturated carbocycles. The summed E-state index contributed by atoms with van der Waals surface area (Å²) in [4.78, 5) is 11.9. The minimum Gasteiger partial charge on any atom is -0.460 e. The molecule has 0 spiro atoms. The Hall–Kier alpha value is -2.96. The second-order valence-corrected chi connectivity index (χ2v) is 7.63. The Bertz CT molecular complexity index is 985. The Morgan fingerprint density at radius 2 is 1.33 bits per heavy atom. The van der Waals surface area contributed by atoms with Crippen molar-refractivity contribution in [2.75, 3.05) is 6.54 Å². The summed E-state index contributed by atoms with van der Waals surface area (Å²) in [5.74, 6) is -0.637. The van der Waals surface area contributed by atoms with Gasteiger partial charge in [-0.15, -0.1) is 0 Å². The normalized spacial score (nSPS) is 11.1. The molecule has 0 bridgehead atoms. The van der Waals surface area contributed by atoms with Crippen LogP contribution >= 0.6 is 0 Å². The molecule has 0 aliphatic rings. The number of hydrogen-bond acceptors (Lipinski definition) is 4. The number of rotatable bonds is 7. The third-order valence-electron chi connectivity index (χ3n) is 3.92. The average molecular weight is 381 g/mol. The molecule has 0 saturated heterocycles. The number of sulfonamides is 1. The molecular formula is C21H19NO4S. The van der Waals surface area contributed by atoms with Crippen molar-refractivity contribution >= 4 is 16.0 Å². The molecule has 0 aromatic heterocycles. The number of nitrogens with one attached hydrogen (secondary N) is 1. The summed E-state index contributed by atoms with van der Waals surface area (Å²) in [5, 5.41) is 0. The minimum absolute atomic E-state index is 0.0843. The number of ether oxygens (including phenoxy) is 1. The Morgan fingerprint density at radius 1 is 0.778 bits per heavy atom. The van der Waals surface area contributed by atoms with Gasteiger partial charge in [0.25, 0.3) is 0 Å². The summed E-state index contributed by atoms with van der Waals surface area (Å²) < 4.78 is 31.5. The Labute approximate surface area is 158 Å². The van der Waals surface area contributed by atoms with E-state index in [9.17, 15) is 13.2 Å². The molecule has 0 amide bonds. The first-order valence-electron chi connectivity index (χ1n) is 8.39. The van der Waals surface area contributed by atoms with Gasteiger partial charge in [-0.1, -0.05) is 72.8 Å². The largest absolute Gasteiger partial charge is 0.460 e. The Balaban J connectivity index is 1.51. The molecule has 27 heavy (non-hydrogen) atoms. The van der Waals surface area contributed by atoms with E-state index in [0.717, 1.165) is 16.7 Å². The van der Waals surface area contributed by atoms with Crippen molar-refractivity contribution in [3.63, 3.8) is 0 Å². The zero-order chi connectivity index (χ0) is 19.1. The van der Waals surface area contributed by atoms with Gasteiger partial charge in [-0.05, 0) is 28.8 Å². The van der Waals surface area contributed by atoms with Gasteiger partial charge in [-0.2, -0.15) is 4.72 Å². The number of hydrogen-bond donors (Lipinski definition) is 1. The highest BCUT2D eigenvalue weighted by Crippen LogP contribution is 2.19. The molecule has 5 nitrogen and oxygen atoms in total. The van der Waals surface area contributed by atoms with Crippen LogP contribution in [0.15, 0.2) is 89.8 Å². The zero-order valence-electron chi connectivity index (χ0n) is 14.5. The summed E-state index contributed by atoms with van der Waals surface area (Å²) in [6.07, 6.45) is 0. The lowest BCUT2D eigenvalue weighted by molar-refractivity contribution is -0.143. The molecule has 138 valence electrons. The van der Waals surface area contributed by atoms with Crippen LogP contribution in [0.3, 0.4) is 0 Å². The SMILES string of the molecule is O=C(CNS(=O)(=O)c1ccccc1)OCc1ccc(-c2ccccc2)cc1. The van der Waals surface area contributed by atoms with Crippen molar-refractivity contribution in [2.45, 2.75) is 11.5 Å². The first-order chi connectivity index (χ1) is 13.0. The molecule has 0 radical (unpaired) electrons. The van der Waals surface area contributed by atoms with Crippen LogP contribution in [0.2, 0.25) is 0 Å². The van der Waals surface area contributed by atoms with Crippen molar-refractivity contribution in [2.24, 2.45) is 0 Å². The first-order valence-corrected chi connectivity index (χ1v) is 9.88. The van der Waals surface area contributed by atoms with E-state index in [1.54, 1.807) is 18.2 Å². The van der Waals surface area contributed by atoms with Crippen molar-refractivity contribution in [1.29, 1.82) is 0 Å². The summed E-state index contributed by atoms with van der Waals surface area (Å²) in [5.41, 5.74) is 3.01. The maximum Gasteiger partial charge on any atom is 0.321 e. The molecule has 3 rings (SSSR count). The van der Waals surface area contributed by atoms with E-state index in [2.05, 4.69) is 4.72 Å². The van der Waals surface area contributed by atoms with E-state index in [4.69, 9.17) is 4.74 Å². The summed E-state index contributed by atoms with van der Waals surface area (Å²) in [6, 6.07) is 25.5. The molecular weight excluding hydrogens is 362 g/mol. The third-order valence-corrected chi connectivity index (χ3v) is 5.34. The summed E-state index contributed by atoms with van der Waals surface area (Å²) >= 11 is 0. The van der Waals surface area contributed by atoms with E-state index in [1.807, 2.05) is 54.6 Å². The Morgan fingerprint density at radius 3 is 1.96 bits per heavy atom. The highest BCUT2D eigenvalue weighted by Gasteiger charge is 2.15. The lowest BCUT2D eigenvalue weighted by atomic mass is 10.0. The molecule has 0 heterocycles. The number of esters is 1. The molecule has 0 aliphatic heterocycles. The van der Waals surface area contributed by atoms with Crippen molar-refractivity contribution in [3.05, 3.63) is 90.5 Å².